The maximum atomic E-state index is 5.84. The Morgan fingerprint density at radius 3 is 3.00 bits per heavy atom. The number of fused-ring (bicyclic) bond motifs is 1. The molecule has 0 bridgehead atoms. The Morgan fingerprint density at radius 1 is 1.31 bits per heavy atom. The highest BCUT2D eigenvalue weighted by Gasteiger charge is 2.05. The fourth-order valence-electron chi connectivity index (χ4n) is 1.73. The summed E-state index contributed by atoms with van der Waals surface area (Å²) in [6.07, 6.45) is 3.65. The molecule has 0 saturated heterocycles. The van der Waals surface area contributed by atoms with Crippen molar-refractivity contribution in [3.05, 3.63) is 42.5 Å². The van der Waals surface area contributed by atoms with E-state index in [0.717, 1.165) is 16.9 Å². The number of benzene rings is 1. The molecule has 16 heavy (non-hydrogen) atoms. The molecule has 0 aliphatic rings. The van der Waals surface area contributed by atoms with Gasteiger partial charge in [-0.1, -0.05) is 6.07 Å². The van der Waals surface area contributed by atoms with Crippen molar-refractivity contribution < 1.29 is 0 Å². The van der Waals surface area contributed by atoms with Crippen molar-refractivity contribution in [1.29, 1.82) is 0 Å². The maximum absolute atomic E-state index is 5.84. The first-order chi connectivity index (χ1) is 7.83. The molecule has 1 aromatic carbocycles. The van der Waals surface area contributed by atoms with E-state index < -0.39 is 0 Å². The Bertz CT molecular complexity index is 608. The third kappa shape index (κ3) is 1.42. The highest BCUT2D eigenvalue weighted by molar-refractivity contribution is 5.86. The lowest BCUT2D eigenvalue weighted by Crippen LogP contribution is -2.01. The third-order valence-corrected chi connectivity index (χ3v) is 2.46. The largest absolute Gasteiger partial charge is 0.397 e. The number of nitrogens with one attached hydrogen (secondary N) is 1. The van der Waals surface area contributed by atoms with Crippen LogP contribution in [0.15, 0.2) is 36.7 Å². The molecule has 5 nitrogen and oxygen atoms in total. The molecule has 0 radical (unpaired) electrons. The molecule has 0 amide bonds. The topological polar surface area (TPSA) is 72.5 Å². The van der Waals surface area contributed by atoms with E-state index in [9.17, 15) is 0 Å². The summed E-state index contributed by atoms with van der Waals surface area (Å²) in [5.74, 6) is 0.858. The van der Waals surface area contributed by atoms with E-state index in [1.54, 1.807) is 6.20 Å². The lowest BCUT2D eigenvalue weighted by Gasteiger charge is -1.95. The molecule has 0 aliphatic carbocycles. The average molecular weight is 213 g/mol. The van der Waals surface area contributed by atoms with E-state index in [4.69, 9.17) is 5.73 Å². The highest BCUT2D eigenvalue weighted by atomic mass is 15.3. The van der Waals surface area contributed by atoms with Gasteiger partial charge in [-0.25, -0.2) is 4.98 Å². The Labute approximate surface area is 91.9 Å². The lowest BCUT2D eigenvalue weighted by molar-refractivity contribution is 0.663. The van der Waals surface area contributed by atoms with Gasteiger partial charge < -0.3 is 10.7 Å². The summed E-state index contributed by atoms with van der Waals surface area (Å²) in [4.78, 5) is 7.67. The average Bonchev–Trinajstić information content (AvgIpc) is 2.88. The van der Waals surface area contributed by atoms with Crippen molar-refractivity contribution in [2.24, 2.45) is 0 Å². The van der Waals surface area contributed by atoms with Crippen LogP contribution in [0.1, 0.15) is 5.82 Å². The van der Waals surface area contributed by atoms with Crippen molar-refractivity contribution in [2.45, 2.75) is 6.54 Å². The molecule has 5 heteroatoms. The Hall–Kier alpha value is -2.30. The SMILES string of the molecule is Nc1cccc2[nH]c(Cn3cccn3)nc12. The third-order valence-electron chi connectivity index (χ3n) is 2.46. The molecule has 0 spiro atoms. The fraction of sp³-hybridized carbons (Fsp3) is 0.0909. The second-order valence-corrected chi connectivity index (χ2v) is 3.63. The number of rotatable bonds is 2. The van der Waals surface area contributed by atoms with Gasteiger partial charge in [0, 0.05) is 12.4 Å². The molecule has 2 aromatic heterocycles. The molecule has 0 saturated carbocycles. The zero-order chi connectivity index (χ0) is 11.0. The Balaban J connectivity index is 2.02. The predicted molar refractivity (Wildman–Crippen MR) is 61.8 cm³/mol. The minimum absolute atomic E-state index is 0.626. The molecular formula is C11H11N5. The first kappa shape index (κ1) is 8.96. The number of hydrogen-bond donors (Lipinski definition) is 2. The maximum Gasteiger partial charge on any atom is 0.129 e. The van der Waals surface area contributed by atoms with E-state index in [2.05, 4.69) is 15.1 Å². The van der Waals surface area contributed by atoms with Crippen molar-refractivity contribution in [1.82, 2.24) is 19.7 Å². The van der Waals surface area contributed by atoms with Crippen molar-refractivity contribution in [2.75, 3.05) is 5.73 Å². The first-order valence-electron chi connectivity index (χ1n) is 5.03. The monoisotopic (exact) mass is 213 g/mol. The summed E-state index contributed by atoms with van der Waals surface area (Å²) in [6.45, 7) is 0.626. The van der Waals surface area contributed by atoms with Crippen LogP contribution in [0.25, 0.3) is 11.0 Å². The minimum atomic E-state index is 0.626. The van der Waals surface area contributed by atoms with Crippen LogP contribution in [0.3, 0.4) is 0 Å². The summed E-state index contributed by atoms with van der Waals surface area (Å²) < 4.78 is 1.81. The van der Waals surface area contributed by atoms with Gasteiger partial charge in [0.25, 0.3) is 0 Å². The van der Waals surface area contributed by atoms with E-state index in [1.807, 2.05) is 35.1 Å². The zero-order valence-electron chi connectivity index (χ0n) is 8.59. The number of para-hydroxylation sites is 1. The molecule has 3 rings (SSSR count). The predicted octanol–water partition coefficient (Wildman–Crippen LogP) is 1.39. The number of imidazole rings is 1. The molecule has 0 aliphatic heterocycles. The van der Waals surface area contributed by atoms with E-state index in [0.29, 0.717) is 12.2 Å². The summed E-state index contributed by atoms with van der Waals surface area (Å²) in [5, 5.41) is 4.13. The molecule has 80 valence electrons. The van der Waals surface area contributed by atoms with Crippen LogP contribution in [-0.2, 0) is 6.54 Å². The second kappa shape index (κ2) is 3.37. The van der Waals surface area contributed by atoms with Gasteiger partial charge in [0.15, 0.2) is 0 Å². The molecule has 0 atom stereocenters. The Morgan fingerprint density at radius 2 is 2.25 bits per heavy atom. The molecule has 3 N–H and O–H groups in total. The zero-order valence-corrected chi connectivity index (χ0v) is 8.59. The summed E-state index contributed by atoms with van der Waals surface area (Å²) in [6, 6.07) is 7.61. The number of nitrogen functional groups attached to an aromatic ring is 1. The quantitative estimate of drug-likeness (QED) is 0.632. The molecule has 0 fully saturated rings. The van der Waals surface area contributed by atoms with Gasteiger partial charge in [-0.3, -0.25) is 4.68 Å². The van der Waals surface area contributed by atoms with Crippen LogP contribution in [0, 0.1) is 0 Å². The number of aromatic nitrogens is 4. The normalized spacial score (nSPS) is 11.0. The second-order valence-electron chi connectivity index (χ2n) is 3.63. The van der Waals surface area contributed by atoms with Crippen LogP contribution in [0.2, 0.25) is 0 Å². The van der Waals surface area contributed by atoms with Gasteiger partial charge >= 0.3 is 0 Å². The van der Waals surface area contributed by atoms with Crippen LogP contribution in [0.4, 0.5) is 5.69 Å². The van der Waals surface area contributed by atoms with Gasteiger partial charge in [-0.15, -0.1) is 0 Å². The van der Waals surface area contributed by atoms with Crippen LogP contribution >= 0.6 is 0 Å². The van der Waals surface area contributed by atoms with Crippen molar-refractivity contribution >= 4 is 16.7 Å². The van der Waals surface area contributed by atoms with Crippen LogP contribution in [0.5, 0.6) is 0 Å². The minimum Gasteiger partial charge on any atom is -0.397 e. The number of anilines is 1. The molecule has 2 heterocycles. The van der Waals surface area contributed by atoms with E-state index in [1.165, 1.54) is 0 Å². The first-order valence-corrected chi connectivity index (χ1v) is 5.03. The standard InChI is InChI=1S/C11H11N5/c12-8-3-1-4-9-11(8)15-10(14-9)7-16-6-2-5-13-16/h1-6H,7,12H2,(H,14,15). The highest BCUT2D eigenvalue weighted by Crippen LogP contribution is 2.18. The summed E-state index contributed by atoms with van der Waals surface area (Å²) in [5.41, 5.74) is 8.32. The molecule has 0 unspecified atom stereocenters. The van der Waals surface area contributed by atoms with Gasteiger partial charge in [0.1, 0.15) is 11.3 Å². The van der Waals surface area contributed by atoms with Crippen LogP contribution < -0.4 is 5.73 Å². The molecule has 3 aromatic rings. The van der Waals surface area contributed by atoms with Gasteiger partial charge in [0.2, 0.25) is 0 Å². The summed E-state index contributed by atoms with van der Waals surface area (Å²) >= 11 is 0. The fourth-order valence-corrected chi connectivity index (χ4v) is 1.73. The number of aromatic amines is 1. The van der Waals surface area contributed by atoms with Crippen molar-refractivity contribution in [3.63, 3.8) is 0 Å². The lowest BCUT2D eigenvalue weighted by atomic mass is 10.3. The number of hydrogen-bond acceptors (Lipinski definition) is 3. The number of nitrogens with zero attached hydrogens (tertiary/aromatic N) is 3. The molecular weight excluding hydrogens is 202 g/mol. The van der Waals surface area contributed by atoms with E-state index >= 15 is 0 Å². The number of H-pyrrole nitrogens is 1. The van der Waals surface area contributed by atoms with Gasteiger partial charge in [0.05, 0.1) is 17.7 Å². The number of nitrogens with two attached hydrogens (primary N) is 1. The summed E-state index contributed by atoms with van der Waals surface area (Å²) in [7, 11) is 0. The van der Waals surface area contributed by atoms with Gasteiger partial charge in [-0.05, 0) is 18.2 Å². The van der Waals surface area contributed by atoms with Crippen molar-refractivity contribution in [3.8, 4) is 0 Å². The van der Waals surface area contributed by atoms with Gasteiger partial charge in [-0.2, -0.15) is 5.10 Å². The van der Waals surface area contributed by atoms with Crippen LogP contribution in [-0.4, -0.2) is 19.7 Å². The van der Waals surface area contributed by atoms with E-state index in [-0.39, 0.29) is 0 Å². The smallest absolute Gasteiger partial charge is 0.129 e. The Kier molecular flexibility index (Phi) is 1.89.